The zero-order chi connectivity index (χ0) is 16.1. The molecule has 23 heavy (non-hydrogen) atoms. The molecule has 0 fully saturated rings. The van der Waals surface area contributed by atoms with Gasteiger partial charge in [-0.05, 0) is 36.4 Å². The zero-order valence-electron chi connectivity index (χ0n) is 11.7. The first kappa shape index (κ1) is 13.4. The molecule has 0 atom stereocenters. The topological polar surface area (TPSA) is 89.5 Å². The zero-order valence-corrected chi connectivity index (χ0v) is 11.7. The van der Waals surface area contributed by atoms with E-state index in [4.69, 9.17) is 0 Å². The predicted molar refractivity (Wildman–Crippen MR) is 79.2 cm³/mol. The van der Waals surface area contributed by atoms with Crippen molar-refractivity contribution >= 4 is 34.9 Å². The van der Waals surface area contributed by atoms with Gasteiger partial charge in [0, 0.05) is 22.5 Å². The molecule has 6 heteroatoms. The fraction of sp³-hybridized carbons (Fsp3) is 0.0588. The molecule has 112 valence electrons. The Morgan fingerprint density at radius 2 is 1.26 bits per heavy atom. The van der Waals surface area contributed by atoms with Crippen molar-refractivity contribution in [1.82, 2.24) is 0 Å². The summed E-state index contributed by atoms with van der Waals surface area (Å²) >= 11 is 0. The lowest BCUT2D eigenvalue weighted by Crippen LogP contribution is -1.98. The van der Waals surface area contributed by atoms with Crippen molar-refractivity contribution in [2.24, 2.45) is 0 Å². The summed E-state index contributed by atoms with van der Waals surface area (Å²) in [6.45, 7) is 0. The molecule has 2 aliphatic rings. The monoisotopic (exact) mass is 307 g/mol. The van der Waals surface area contributed by atoms with E-state index in [0.29, 0.717) is 22.5 Å². The van der Waals surface area contributed by atoms with Crippen molar-refractivity contribution in [3.8, 4) is 0 Å². The van der Waals surface area contributed by atoms with Crippen LogP contribution in [-0.2, 0) is 4.74 Å². The molecule has 0 spiro atoms. The maximum atomic E-state index is 11.8. The molecule has 0 saturated heterocycles. The molecule has 1 aliphatic heterocycles. The van der Waals surface area contributed by atoms with Crippen molar-refractivity contribution in [2.45, 2.75) is 6.42 Å². The fourth-order valence-electron chi connectivity index (χ4n) is 2.76. The number of fused-ring (bicyclic) bond motifs is 2. The normalized spacial score (nSPS) is 15.5. The SMILES string of the molecule is O=C1CC(=O)c2cc(Nc3ccc4c(c3)C(=O)OC4=O)ccc21. The van der Waals surface area contributed by atoms with Gasteiger partial charge in [0.25, 0.3) is 0 Å². The summed E-state index contributed by atoms with van der Waals surface area (Å²) in [4.78, 5) is 46.3. The van der Waals surface area contributed by atoms with Crippen molar-refractivity contribution < 1.29 is 23.9 Å². The lowest BCUT2D eigenvalue weighted by atomic mass is 10.1. The van der Waals surface area contributed by atoms with E-state index in [1.54, 1.807) is 24.3 Å². The second kappa shape index (κ2) is 4.61. The number of hydrogen-bond donors (Lipinski definition) is 1. The maximum Gasteiger partial charge on any atom is 0.346 e. The number of ketones is 2. The van der Waals surface area contributed by atoms with Crippen molar-refractivity contribution in [2.75, 3.05) is 5.32 Å². The third-order valence-corrected chi connectivity index (χ3v) is 3.87. The Balaban J connectivity index is 1.68. The van der Waals surface area contributed by atoms with E-state index < -0.39 is 11.9 Å². The standard InChI is InChI=1S/C17H9NO5/c19-14-7-15(20)12-5-8(1-3-10(12)14)18-9-2-4-11-13(6-9)17(22)23-16(11)21/h1-6,18H,7H2. The van der Waals surface area contributed by atoms with E-state index in [1.807, 2.05) is 0 Å². The fourth-order valence-corrected chi connectivity index (χ4v) is 2.76. The van der Waals surface area contributed by atoms with E-state index in [9.17, 15) is 19.2 Å². The number of benzene rings is 2. The van der Waals surface area contributed by atoms with Crippen LogP contribution < -0.4 is 5.32 Å². The summed E-state index contributed by atoms with van der Waals surface area (Å²) in [5, 5.41) is 3.05. The van der Waals surface area contributed by atoms with Gasteiger partial charge in [-0.15, -0.1) is 0 Å². The Labute approximate surface area is 130 Å². The van der Waals surface area contributed by atoms with Gasteiger partial charge in [0.05, 0.1) is 17.5 Å². The quantitative estimate of drug-likeness (QED) is 0.677. The molecule has 0 aromatic heterocycles. The first-order valence-electron chi connectivity index (χ1n) is 6.91. The van der Waals surface area contributed by atoms with E-state index in [0.717, 1.165) is 0 Å². The average Bonchev–Trinajstić information content (AvgIpc) is 2.96. The van der Waals surface area contributed by atoms with Gasteiger partial charge in [-0.1, -0.05) is 0 Å². The molecule has 0 saturated carbocycles. The Kier molecular flexibility index (Phi) is 2.68. The van der Waals surface area contributed by atoms with E-state index >= 15 is 0 Å². The van der Waals surface area contributed by atoms with Crippen LogP contribution in [0.5, 0.6) is 0 Å². The number of Topliss-reactive ketones (excluding diaryl/α,β-unsaturated/α-hetero) is 2. The van der Waals surface area contributed by atoms with Crippen LogP contribution in [0, 0.1) is 0 Å². The number of nitrogens with one attached hydrogen (secondary N) is 1. The third-order valence-electron chi connectivity index (χ3n) is 3.87. The average molecular weight is 307 g/mol. The highest BCUT2D eigenvalue weighted by atomic mass is 16.6. The molecule has 0 radical (unpaired) electrons. The van der Waals surface area contributed by atoms with Crippen LogP contribution in [0.4, 0.5) is 11.4 Å². The molecule has 0 amide bonds. The van der Waals surface area contributed by atoms with Gasteiger partial charge in [0.15, 0.2) is 11.6 Å². The molecule has 1 heterocycles. The molecule has 1 aliphatic carbocycles. The molecule has 4 rings (SSSR count). The highest BCUT2D eigenvalue weighted by Crippen LogP contribution is 2.29. The van der Waals surface area contributed by atoms with E-state index in [2.05, 4.69) is 10.1 Å². The Morgan fingerprint density at radius 3 is 2.00 bits per heavy atom. The summed E-state index contributed by atoms with van der Waals surface area (Å²) < 4.78 is 4.54. The lowest BCUT2D eigenvalue weighted by molar-refractivity contribution is 0.0443. The second-order valence-corrected chi connectivity index (χ2v) is 5.35. The molecule has 2 aromatic carbocycles. The molecule has 6 nitrogen and oxygen atoms in total. The van der Waals surface area contributed by atoms with E-state index in [1.165, 1.54) is 12.1 Å². The van der Waals surface area contributed by atoms with Gasteiger partial charge in [0.1, 0.15) is 0 Å². The van der Waals surface area contributed by atoms with Crippen molar-refractivity contribution in [3.05, 3.63) is 58.7 Å². The Morgan fingerprint density at radius 1 is 0.696 bits per heavy atom. The van der Waals surface area contributed by atoms with Crippen LogP contribution in [0.2, 0.25) is 0 Å². The second-order valence-electron chi connectivity index (χ2n) is 5.35. The number of carbonyl (C=O) groups excluding carboxylic acids is 4. The number of anilines is 2. The molecule has 1 N–H and O–H groups in total. The molecular formula is C17H9NO5. The number of cyclic esters (lactones) is 2. The number of carbonyl (C=O) groups is 4. The lowest BCUT2D eigenvalue weighted by Gasteiger charge is -2.08. The Bertz CT molecular complexity index is 853. The van der Waals surface area contributed by atoms with Gasteiger partial charge in [-0.3, -0.25) is 9.59 Å². The summed E-state index contributed by atoms with van der Waals surface area (Å²) in [6, 6.07) is 9.57. The van der Waals surface area contributed by atoms with E-state index in [-0.39, 0.29) is 29.1 Å². The van der Waals surface area contributed by atoms with Gasteiger partial charge in [-0.25, -0.2) is 9.59 Å². The van der Waals surface area contributed by atoms with Gasteiger partial charge >= 0.3 is 11.9 Å². The predicted octanol–water partition coefficient (Wildman–Crippen LogP) is 2.51. The number of ether oxygens (including phenoxy) is 1. The molecule has 0 bridgehead atoms. The molecule has 0 unspecified atom stereocenters. The Hall–Kier alpha value is -3.28. The van der Waals surface area contributed by atoms with Crippen LogP contribution in [0.1, 0.15) is 47.9 Å². The maximum absolute atomic E-state index is 11.8. The van der Waals surface area contributed by atoms with Crippen LogP contribution in [-0.4, -0.2) is 23.5 Å². The van der Waals surface area contributed by atoms with Crippen LogP contribution in [0.15, 0.2) is 36.4 Å². The highest BCUT2D eigenvalue weighted by Gasteiger charge is 2.30. The summed E-state index contributed by atoms with van der Waals surface area (Å²) in [5.41, 5.74) is 2.46. The molecule has 2 aromatic rings. The van der Waals surface area contributed by atoms with Crippen molar-refractivity contribution in [1.29, 1.82) is 0 Å². The number of esters is 2. The summed E-state index contributed by atoms with van der Waals surface area (Å²) in [6.07, 6.45) is -0.0917. The molecular weight excluding hydrogens is 298 g/mol. The van der Waals surface area contributed by atoms with Crippen LogP contribution in [0.3, 0.4) is 0 Å². The first-order chi connectivity index (χ1) is 11.0. The van der Waals surface area contributed by atoms with Gasteiger partial charge < -0.3 is 10.1 Å². The number of rotatable bonds is 2. The number of hydrogen-bond acceptors (Lipinski definition) is 6. The smallest absolute Gasteiger partial charge is 0.346 e. The minimum absolute atomic E-state index is 0.0917. The van der Waals surface area contributed by atoms with Crippen molar-refractivity contribution in [3.63, 3.8) is 0 Å². The summed E-state index contributed by atoms with van der Waals surface area (Å²) in [7, 11) is 0. The minimum Gasteiger partial charge on any atom is -0.386 e. The van der Waals surface area contributed by atoms with Crippen LogP contribution >= 0.6 is 0 Å². The van der Waals surface area contributed by atoms with Gasteiger partial charge in [-0.2, -0.15) is 0 Å². The third kappa shape index (κ3) is 2.03. The van der Waals surface area contributed by atoms with Crippen LogP contribution in [0.25, 0.3) is 0 Å². The largest absolute Gasteiger partial charge is 0.386 e. The van der Waals surface area contributed by atoms with Gasteiger partial charge in [0.2, 0.25) is 0 Å². The summed E-state index contributed by atoms with van der Waals surface area (Å²) in [5.74, 6) is -1.70. The first-order valence-corrected chi connectivity index (χ1v) is 6.91. The minimum atomic E-state index is -0.677. The highest BCUT2D eigenvalue weighted by molar-refractivity contribution is 6.24.